The molecule has 3 aliphatic rings. The van der Waals surface area contributed by atoms with E-state index in [1.807, 2.05) is 0 Å². The van der Waals surface area contributed by atoms with E-state index in [9.17, 15) is 102 Å². The van der Waals surface area contributed by atoms with Crippen LogP contribution >= 0.6 is 11.8 Å². The van der Waals surface area contributed by atoms with Gasteiger partial charge in [0.25, 0.3) is 0 Å². The van der Waals surface area contributed by atoms with Crippen LogP contribution in [0.25, 0.3) is 0 Å². The molecule has 5 aromatic rings. The molecule has 0 aliphatic carbocycles. The first-order valence-corrected chi connectivity index (χ1v) is 44.4. The number of primary amides is 2. The van der Waals surface area contributed by atoms with Crippen LogP contribution in [-0.2, 0) is 118 Å². The Morgan fingerprint density at radius 2 is 0.862 bits per heavy atom. The zero-order chi connectivity index (χ0) is 94.7. The molecule has 22 N–H and O–H groups in total. The molecule has 4 heterocycles. The van der Waals surface area contributed by atoms with Gasteiger partial charge in [0, 0.05) is 64.2 Å². The molecule has 3 fully saturated rings. The number of imidazole rings is 1. The summed E-state index contributed by atoms with van der Waals surface area (Å²) >= 11 is 1.31. The van der Waals surface area contributed by atoms with Crippen molar-refractivity contribution >= 4 is 118 Å². The summed E-state index contributed by atoms with van der Waals surface area (Å²) < 4.78 is 0. The lowest BCUT2D eigenvalue weighted by atomic mass is 10.0. The highest BCUT2D eigenvalue weighted by Gasteiger charge is 2.44. The number of carboxylic acids is 2. The van der Waals surface area contributed by atoms with Gasteiger partial charge in [0.05, 0.1) is 31.1 Å². The van der Waals surface area contributed by atoms with Gasteiger partial charge in [-0.2, -0.15) is 11.8 Å². The third kappa shape index (κ3) is 32.1. The maximum atomic E-state index is 15.0. The molecule has 41 nitrogen and oxygen atoms in total. The monoisotopic (exact) mass is 1820 g/mol. The number of H-pyrrole nitrogens is 1. The number of rotatable bonds is 51. The topological polar surface area (TPSA) is 632 Å². The Bertz CT molecular complexity index is 4750. The van der Waals surface area contributed by atoms with Crippen molar-refractivity contribution in [1.82, 2.24) is 88.9 Å². The fourth-order valence-electron chi connectivity index (χ4n) is 15.3. The van der Waals surface area contributed by atoms with Crippen molar-refractivity contribution in [3.8, 4) is 5.75 Å². The molecule has 0 radical (unpaired) electrons. The quantitative estimate of drug-likeness (QED) is 0.0185. The number of nitrogens with one attached hydrogen (secondary N) is 14. The molecule has 702 valence electrons. The van der Waals surface area contributed by atoms with Gasteiger partial charge in [-0.15, -0.1) is 0 Å². The maximum Gasteiger partial charge on any atom is 0.326 e. The number of phenols is 1. The molecule has 0 bridgehead atoms. The number of nitrogens with zero attached hydrogens (tertiary/aromatic N) is 3. The van der Waals surface area contributed by atoms with E-state index < -0.39 is 229 Å². The molecule has 0 saturated carbocycles. The van der Waals surface area contributed by atoms with Gasteiger partial charge in [-0.25, -0.2) is 9.78 Å². The van der Waals surface area contributed by atoms with Crippen molar-refractivity contribution in [2.24, 2.45) is 17.4 Å². The van der Waals surface area contributed by atoms with Crippen LogP contribution in [0.5, 0.6) is 5.75 Å². The number of nitrogens with two attached hydrogens (primary N) is 2. The third-order valence-corrected chi connectivity index (χ3v) is 22.8. The van der Waals surface area contributed by atoms with Crippen molar-refractivity contribution in [2.45, 2.75) is 227 Å². The van der Waals surface area contributed by atoms with Crippen LogP contribution in [0, 0.1) is 5.92 Å². The van der Waals surface area contributed by atoms with Gasteiger partial charge in [0.1, 0.15) is 90.3 Å². The van der Waals surface area contributed by atoms with Crippen LogP contribution in [0.4, 0.5) is 0 Å². The van der Waals surface area contributed by atoms with Crippen LogP contribution in [-0.4, -0.2) is 276 Å². The Hall–Kier alpha value is -13.4. The second-order valence-corrected chi connectivity index (χ2v) is 33.7. The second kappa shape index (κ2) is 51.0. The summed E-state index contributed by atoms with van der Waals surface area (Å²) in [5.74, 6) is -17.8. The summed E-state index contributed by atoms with van der Waals surface area (Å²) in [6.07, 6.45) is 2.01. The molecule has 130 heavy (non-hydrogen) atoms. The minimum atomic E-state index is -1.88. The average molecular weight is 1830 g/mol. The van der Waals surface area contributed by atoms with Gasteiger partial charge in [0.2, 0.25) is 94.5 Å². The highest BCUT2D eigenvalue weighted by atomic mass is 32.2. The number of phenolic OH excluding ortho intramolecular Hbond substituents is 1. The second-order valence-electron chi connectivity index (χ2n) is 32.7. The number of aromatic nitrogens is 2. The molecule has 3 saturated heterocycles. The molecule has 8 rings (SSSR count). The van der Waals surface area contributed by atoms with Crippen LogP contribution in [0.15, 0.2) is 128 Å². The standard InChI is InChI=1S/C88H117N19O22S/c1-49(2)39-61(103-84(124)69-24-15-36-106(69)86(126)59(31-33-73(112)113)96-79(119)65(43-54-26-28-56(109)29-27-54)104-85(125)70-25-16-37-107(70)87(127)68(47-108)105-82(122)64(42-53-21-12-7-13-22-53)98-75(115)57-23-14-35-92-57)78(118)102-67(45-72(90)111)83(123)100-63(41-52-19-10-6-11-20-52)81(121)101-66(44-55-46-91-48-93-55)77(117)94-50(3)74(114)95-58(34-38-130-4)76(116)99-62(40-51-17-8-5-9-18-51)80(120)97-60(88(128)129)30-32-71(89)110/h5-13,17-22,26-29,46,48-50,57-70,92,108-109H,14-16,23-25,30-45,47H2,1-4H3,(H2,89,110)(H2,90,111)(H,91,93)(H,94,117)(H,95,114)(H,96,119)(H,97,120)(H,98,115)(H,99,116)(H,100,123)(H,101,121)(H,102,118)(H,103,124)(H,104,125)(H,105,122)(H,112,113)(H,128,129)/t50-,57-,58-,59-,60-,61-,62-,63-,64-,65-,66-,67-,68-,69-,70-/m0/s1. The Morgan fingerprint density at radius 3 is 1.32 bits per heavy atom. The van der Waals surface area contributed by atoms with Gasteiger partial charge >= 0.3 is 11.9 Å². The fraction of sp³-hybridized carbons (Fsp3) is 0.489. The van der Waals surface area contributed by atoms with Gasteiger partial charge < -0.3 is 116 Å². The smallest absolute Gasteiger partial charge is 0.326 e. The lowest BCUT2D eigenvalue weighted by molar-refractivity contribution is -0.144. The number of carbonyl (C=O) groups is 18. The summed E-state index contributed by atoms with van der Waals surface area (Å²) in [6.45, 7) is 4.18. The van der Waals surface area contributed by atoms with Crippen molar-refractivity contribution in [3.05, 3.63) is 156 Å². The number of likely N-dealkylation sites (tertiary alicyclic amines) is 2. The van der Waals surface area contributed by atoms with Crippen molar-refractivity contribution in [1.29, 1.82) is 0 Å². The number of aliphatic carboxylic acids is 2. The zero-order valence-corrected chi connectivity index (χ0v) is 73.5. The first-order valence-electron chi connectivity index (χ1n) is 43.1. The van der Waals surface area contributed by atoms with Crippen LogP contribution < -0.4 is 80.6 Å². The van der Waals surface area contributed by atoms with E-state index in [4.69, 9.17) is 11.5 Å². The lowest BCUT2D eigenvalue weighted by Gasteiger charge is -2.32. The predicted molar refractivity (Wildman–Crippen MR) is 470 cm³/mol. The number of aromatic amines is 1. The first kappa shape index (κ1) is 102. The molecule has 1 aromatic heterocycles. The average Bonchev–Trinajstić information content (AvgIpc) is 1.20. The highest BCUT2D eigenvalue weighted by Crippen LogP contribution is 2.25. The summed E-state index contributed by atoms with van der Waals surface area (Å²) in [4.78, 5) is 261. The zero-order valence-electron chi connectivity index (χ0n) is 72.7. The third-order valence-electron chi connectivity index (χ3n) is 22.1. The molecule has 42 heteroatoms. The number of hydrogen-bond donors (Lipinski definition) is 20. The van der Waals surface area contributed by atoms with E-state index in [1.165, 1.54) is 55.5 Å². The number of carbonyl (C=O) groups excluding carboxylic acids is 16. The van der Waals surface area contributed by atoms with E-state index >= 15 is 4.79 Å². The molecule has 3 aliphatic heterocycles. The van der Waals surface area contributed by atoms with Crippen LogP contribution in [0.2, 0.25) is 0 Å². The van der Waals surface area contributed by atoms with Gasteiger partial charge in [0.15, 0.2) is 0 Å². The van der Waals surface area contributed by atoms with E-state index in [2.05, 4.69) is 79.1 Å². The molecule has 15 atom stereocenters. The minimum absolute atomic E-state index is 0.0159. The first-order chi connectivity index (χ1) is 62.1. The number of amides is 16. The van der Waals surface area contributed by atoms with Crippen molar-refractivity contribution in [2.75, 3.05) is 38.2 Å². The Morgan fingerprint density at radius 1 is 0.446 bits per heavy atom. The summed E-state index contributed by atoms with van der Waals surface area (Å²) in [5.41, 5.74) is 13.3. The molecular formula is C88H117N19O22S. The number of thioether (sulfide) groups is 1. The summed E-state index contributed by atoms with van der Waals surface area (Å²) in [7, 11) is 0. The molecule has 4 aromatic carbocycles. The van der Waals surface area contributed by atoms with E-state index in [0.29, 0.717) is 35.2 Å². The van der Waals surface area contributed by atoms with Crippen molar-refractivity contribution < 1.29 is 107 Å². The predicted octanol–water partition coefficient (Wildman–Crippen LogP) is -2.92. The summed E-state index contributed by atoms with van der Waals surface area (Å²) in [5, 5.41) is 75.0. The molecule has 16 amide bonds. The van der Waals surface area contributed by atoms with Crippen LogP contribution in [0.3, 0.4) is 0 Å². The number of hydrogen-bond acceptors (Lipinski definition) is 23. The normalized spacial score (nSPS) is 17.4. The Kier molecular flexibility index (Phi) is 40.0. The fourth-order valence-corrected chi connectivity index (χ4v) is 15.7. The van der Waals surface area contributed by atoms with Gasteiger partial charge in [-0.1, -0.05) is 117 Å². The number of aliphatic hydroxyl groups is 1. The minimum Gasteiger partial charge on any atom is -0.508 e. The molecular weight excluding hydrogens is 1710 g/mol. The molecule has 0 unspecified atom stereocenters. The number of aromatic hydroxyl groups is 1. The lowest BCUT2D eigenvalue weighted by Crippen LogP contribution is -2.61. The molecule has 0 spiro atoms. The van der Waals surface area contributed by atoms with Crippen molar-refractivity contribution in [3.63, 3.8) is 0 Å². The summed E-state index contributed by atoms with van der Waals surface area (Å²) in [6, 6.07) is 9.03. The largest absolute Gasteiger partial charge is 0.508 e. The maximum absolute atomic E-state index is 15.0. The van der Waals surface area contributed by atoms with E-state index in [0.717, 1.165) is 16.2 Å². The van der Waals surface area contributed by atoms with Gasteiger partial charge in [-0.3, -0.25) is 81.5 Å². The van der Waals surface area contributed by atoms with Gasteiger partial charge in [-0.05, 0) is 130 Å². The number of aliphatic hydroxyl groups excluding tert-OH is 1. The van der Waals surface area contributed by atoms with E-state index in [-0.39, 0.29) is 114 Å². The number of carboxylic acid groups (broad SMARTS) is 2. The van der Waals surface area contributed by atoms with E-state index in [1.54, 1.807) is 111 Å². The SMILES string of the molecule is CSCC[C@H](NC(=O)[C@H](C)NC(=O)[C@H](Cc1c[nH]cn1)NC(=O)[C@H](Cc1ccccc1)NC(=O)[C@H](CC(N)=O)NC(=O)[C@H](CC(C)C)NC(=O)[C@@H]1CCCN1C(=O)[C@H](CCC(=O)O)NC(=O)[C@H](Cc1ccc(O)cc1)NC(=O)[C@@H]1CCCN1C(=O)[C@H](CO)NC(=O)[C@H](Cc1ccccc1)NC(=O)[C@@H]1CCCN1)C(=O)N[C@@H](Cc1ccccc1)C(=O)N[C@@H](CCC(N)=O)C(=O)O. The van der Waals surface area contributed by atoms with Crippen LogP contribution in [0.1, 0.15) is 132 Å². The highest BCUT2D eigenvalue weighted by molar-refractivity contribution is 7.98. The Labute approximate surface area is 754 Å². The Balaban J connectivity index is 0.953. The number of benzene rings is 4.